The van der Waals surface area contributed by atoms with E-state index in [0.29, 0.717) is 0 Å². The first-order valence-electron chi connectivity index (χ1n) is 5.33. The number of anilines is 1. The normalized spacial score (nSPS) is 12.5. The second kappa shape index (κ2) is 5.74. The molecule has 1 aromatic heterocycles. The van der Waals surface area contributed by atoms with Crippen LogP contribution in [0.2, 0.25) is 0 Å². The van der Waals surface area contributed by atoms with E-state index in [9.17, 15) is 21.6 Å². The molecule has 0 aliphatic heterocycles. The molecule has 0 amide bonds. The van der Waals surface area contributed by atoms with Crippen molar-refractivity contribution in [3.8, 4) is 0 Å². The fraction of sp³-hybridized carbons (Fsp3) is 0.500. The molecule has 1 heterocycles. The minimum atomic E-state index is -4.23. The molecule has 0 bridgehead atoms. The molecule has 1 N–H and O–H groups in total. The van der Waals surface area contributed by atoms with E-state index in [-0.39, 0.29) is 17.3 Å². The molecule has 0 aliphatic carbocycles. The number of alkyl halides is 3. The first-order valence-corrected chi connectivity index (χ1v) is 6.81. The van der Waals surface area contributed by atoms with E-state index in [4.69, 9.17) is 0 Å². The van der Waals surface area contributed by atoms with Crippen LogP contribution in [0.25, 0.3) is 0 Å². The molecule has 0 aromatic carbocycles. The summed E-state index contributed by atoms with van der Waals surface area (Å²) >= 11 is 0. The minimum Gasteiger partial charge on any atom is -0.359 e. The lowest BCUT2D eigenvalue weighted by atomic mass is 10.3. The van der Waals surface area contributed by atoms with Gasteiger partial charge in [0.05, 0.1) is 6.42 Å². The molecule has 0 fully saturated rings. The highest BCUT2D eigenvalue weighted by atomic mass is 32.2. The molecule has 19 heavy (non-hydrogen) atoms. The fourth-order valence-electron chi connectivity index (χ4n) is 1.28. The number of halogens is 3. The van der Waals surface area contributed by atoms with Gasteiger partial charge in [0.25, 0.3) is 0 Å². The Balaban J connectivity index is 2.77. The van der Waals surface area contributed by atoms with Gasteiger partial charge in [-0.25, -0.2) is 18.1 Å². The first-order chi connectivity index (χ1) is 8.65. The number of nitrogens with one attached hydrogen (secondary N) is 1. The summed E-state index contributed by atoms with van der Waals surface area (Å²) < 4.78 is 61.2. The number of hydrogen-bond donors (Lipinski definition) is 1. The van der Waals surface area contributed by atoms with Crippen molar-refractivity contribution in [3.63, 3.8) is 0 Å². The molecule has 108 valence electrons. The van der Waals surface area contributed by atoms with E-state index in [2.05, 4.69) is 9.71 Å². The third kappa shape index (κ3) is 4.67. The quantitative estimate of drug-likeness (QED) is 0.892. The number of rotatable bonds is 5. The highest BCUT2D eigenvalue weighted by molar-refractivity contribution is 7.89. The molecule has 9 heteroatoms. The molecule has 0 unspecified atom stereocenters. The van der Waals surface area contributed by atoms with Crippen LogP contribution in [-0.2, 0) is 10.0 Å². The van der Waals surface area contributed by atoms with E-state index in [1.165, 1.54) is 31.1 Å². The number of nitrogens with zero attached hydrogens (tertiary/aromatic N) is 2. The molecular formula is C10H14F3N3O2S. The van der Waals surface area contributed by atoms with E-state index in [0.717, 1.165) is 6.20 Å². The lowest BCUT2D eigenvalue weighted by Gasteiger charge is -2.19. The van der Waals surface area contributed by atoms with Gasteiger partial charge in [0.15, 0.2) is 0 Å². The zero-order valence-corrected chi connectivity index (χ0v) is 11.2. The zero-order chi connectivity index (χ0) is 14.7. The Morgan fingerprint density at radius 2 is 2.00 bits per heavy atom. The van der Waals surface area contributed by atoms with Crippen LogP contribution < -0.4 is 9.62 Å². The Bertz CT molecular complexity index is 514. The number of sulfonamides is 1. The highest BCUT2D eigenvalue weighted by Gasteiger charge is 2.27. The van der Waals surface area contributed by atoms with Gasteiger partial charge < -0.3 is 4.90 Å². The van der Waals surface area contributed by atoms with Gasteiger partial charge in [-0.05, 0) is 19.2 Å². The smallest absolute Gasteiger partial charge is 0.359 e. The van der Waals surface area contributed by atoms with Crippen LogP contribution in [-0.4, -0.2) is 40.2 Å². The molecular weight excluding hydrogens is 283 g/mol. The predicted octanol–water partition coefficient (Wildman–Crippen LogP) is 1.38. The van der Waals surface area contributed by atoms with Gasteiger partial charge in [-0.2, -0.15) is 13.2 Å². The Labute approximate surface area is 109 Å². The third-order valence-corrected chi connectivity index (χ3v) is 3.82. The molecule has 1 rings (SSSR count). The lowest BCUT2D eigenvalue weighted by molar-refractivity contribution is -0.132. The van der Waals surface area contributed by atoms with Crippen molar-refractivity contribution in [2.24, 2.45) is 0 Å². The number of aromatic nitrogens is 1. The van der Waals surface area contributed by atoms with Crippen molar-refractivity contribution < 1.29 is 21.6 Å². The summed E-state index contributed by atoms with van der Waals surface area (Å²) in [6.07, 6.45) is -4.09. The van der Waals surface area contributed by atoms with E-state index >= 15 is 0 Å². The standard InChI is InChI=1S/C10H14F3N3O2S/c1-14-19(17,18)8-3-4-9(15-7-8)16(2)6-5-10(11,12)13/h3-4,7,14H,5-6H2,1-2H3. The molecule has 0 spiro atoms. The zero-order valence-electron chi connectivity index (χ0n) is 10.4. The highest BCUT2D eigenvalue weighted by Crippen LogP contribution is 2.21. The fourth-order valence-corrected chi connectivity index (χ4v) is 1.96. The second-order valence-corrected chi connectivity index (χ2v) is 5.73. The largest absolute Gasteiger partial charge is 0.390 e. The molecule has 5 nitrogen and oxygen atoms in total. The average molecular weight is 297 g/mol. The molecule has 1 aromatic rings. The van der Waals surface area contributed by atoms with Gasteiger partial charge in [0, 0.05) is 19.8 Å². The van der Waals surface area contributed by atoms with Crippen LogP contribution in [0.3, 0.4) is 0 Å². The average Bonchev–Trinajstić information content (AvgIpc) is 2.35. The maximum absolute atomic E-state index is 12.1. The summed E-state index contributed by atoms with van der Waals surface area (Å²) in [6.45, 7) is -0.241. The van der Waals surface area contributed by atoms with Crippen LogP contribution in [0.1, 0.15) is 6.42 Å². The van der Waals surface area contributed by atoms with Crippen molar-refractivity contribution in [3.05, 3.63) is 18.3 Å². The number of pyridine rings is 1. The lowest BCUT2D eigenvalue weighted by Crippen LogP contribution is -2.25. The van der Waals surface area contributed by atoms with E-state index in [1.807, 2.05) is 0 Å². The molecule has 0 aliphatic rings. The molecule has 0 saturated carbocycles. The van der Waals surface area contributed by atoms with Crippen molar-refractivity contribution >= 4 is 15.8 Å². The SMILES string of the molecule is CNS(=O)(=O)c1ccc(N(C)CCC(F)(F)F)nc1. The van der Waals surface area contributed by atoms with E-state index in [1.54, 1.807) is 0 Å². The number of hydrogen-bond acceptors (Lipinski definition) is 4. The summed E-state index contributed by atoms with van der Waals surface area (Å²) in [4.78, 5) is 5.10. The van der Waals surface area contributed by atoms with Crippen molar-refractivity contribution in [1.82, 2.24) is 9.71 Å². The van der Waals surface area contributed by atoms with Gasteiger partial charge in [-0.1, -0.05) is 0 Å². The van der Waals surface area contributed by atoms with Crippen LogP contribution in [0.15, 0.2) is 23.2 Å². The molecule has 0 saturated heterocycles. The van der Waals surface area contributed by atoms with E-state index < -0.39 is 22.6 Å². The molecule has 0 radical (unpaired) electrons. The Morgan fingerprint density at radius 1 is 1.37 bits per heavy atom. The minimum absolute atomic E-state index is 0.0389. The summed E-state index contributed by atoms with van der Waals surface area (Å²) in [7, 11) is -0.866. The van der Waals surface area contributed by atoms with Gasteiger partial charge in [0.1, 0.15) is 10.7 Å². The summed E-state index contributed by atoms with van der Waals surface area (Å²) in [5.41, 5.74) is 0. The summed E-state index contributed by atoms with van der Waals surface area (Å²) in [5.74, 6) is 0.277. The van der Waals surface area contributed by atoms with Crippen molar-refractivity contribution in [1.29, 1.82) is 0 Å². The molecule has 0 atom stereocenters. The van der Waals surface area contributed by atoms with Crippen molar-refractivity contribution in [2.45, 2.75) is 17.5 Å². The topological polar surface area (TPSA) is 62.3 Å². The second-order valence-electron chi connectivity index (χ2n) is 3.85. The van der Waals surface area contributed by atoms with Crippen LogP contribution in [0.4, 0.5) is 19.0 Å². The monoisotopic (exact) mass is 297 g/mol. The van der Waals surface area contributed by atoms with Crippen molar-refractivity contribution in [2.75, 3.05) is 25.5 Å². The maximum Gasteiger partial charge on any atom is 0.390 e. The van der Waals surface area contributed by atoms with Crippen LogP contribution in [0, 0.1) is 0 Å². The Hall–Kier alpha value is -1.35. The van der Waals surface area contributed by atoms with Gasteiger partial charge in [-0.15, -0.1) is 0 Å². The van der Waals surface area contributed by atoms with Gasteiger partial charge >= 0.3 is 6.18 Å². The summed E-state index contributed by atoms with van der Waals surface area (Å²) in [6, 6.07) is 2.65. The Morgan fingerprint density at radius 3 is 2.42 bits per heavy atom. The summed E-state index contributed by atoms with van der Waals surface area (Å²) in [5, 5.41) is 0. The third-order valence-electron chi connectivity index (χ3n) is 2.42. The van der Waals surface area contributed by atoms with Crippen LogP contribution >= 0.6 is 0 Å². The van der Waals surface area contributed by atoms with Crippen LogP contribution in [0.5, 0.6) is 0 Å². The predicted molar refractivity (Wildman–Crippen MR) is 64.4 cm³/mol. The van der Waals surface area contributed by atoms with Gasteiger partial charge in [-0.3, -0.25) is 0 Å². The van der Waals surface area contributed by atoms with Gasteiger partial charge in [0.2, 0.25) is 10.0 Å². The first kappa shape index (κ1) is 15.7. The maximum atomic E-state index is 12.1. The Kier molecular flexibility index (Phi) is 4.75.